The number of hydrogen-bond acceptors (Lipinski definition) is 4. The fraction of sp³-hybridized carbons (Fsp3) is 0. The summed E-state index contributed by atoms with van der Waals surface area (Å²) in [6.45, 7) is 0. The monoisotopic (exact) mass is 218 g/mol. The van der Waals surface area contributed by atoms with Crippen molar-refractivity contribution in [1.82, 2.24) is 10.2 Å². The van der Waals surface area contributed by atoms with Crippen molar-refractivity contribution in [2.75, 3.05) is 0 Å². The Hall–Kier alpha value is -2.50. The number of aromatic nitrogens is 2. The van der Waals surface area contributed by atoms with Crippen molar-refractivity contribution in [3.8, 4) is 0 Å². The van der Waals surface area contributed by atoms with Crippen LogP contribution >= 0.6 is 0 Å². The highest BCUT2D eigenvalue weighted by Gasteiger charge is 2.19. The lowest BCUT2D eigenvalue weighted by Crippen LogP contribution is -2.08. The second kappa shape index (κ2) is 3.58. The number of hydrogen-bond donors (Lipinski definition) is 2. The van der Waals surface area contributed by atoms with E-state index in [9.17, 15) is 9.59 Å². The summed E-state index contributed by atoms with van der Waals surface area (Å²) in [7, 11) is 0. The number of carbonyl (C=O) groups is 2. The van der Waals surface area contributed by atoms with Crippen LogP contribution in [-0.4, -0.2) is 32.3 Å². The molecule has 1 heterocycles. The van der Waals surface area contributed by atoms with Crippen LogP contribution in [0.4, 0.5) is 0 Å². The number of rotatable bonds is 2. The highest BCUT2D eigenvalue weighted by Crippen LogP contribution is 2.21. The van der Waals surface area contributed by atoms with Crippen LogP contribution in [0, 0.1) is 0 Å². The van der Waals surface area contributed by atoms with Gasteiger partial charge < -0.3 is 10.2 Å². The third kappa shape index (κ3) is 1.46. The van der Waals surface area contributed by atoms with Crippen molar-refractivity contribution in [3.05, 3.63) is 35.7 Å². The molecule has 0 aliphatic carbocycles. The van der Waals surface area contributed by atoms with Crippen molar-refractivity contribution in [3.63, 3.8) is 0 Å². The van der Waals surface area contributed by atoms with Gasteiger partial charge in [0.15, 0.2) is 0 Å². The number of benzene rings is 1. The number of aromatic carboxylic acids is 2. The van der Waals surface area contributed by atoms with Gasteiger partial charge in [0.25, 0.3) is 0 Å². The van der Waals surface area contributed by atoms with Crippen molar-refractivity contribution in [2.45, 2.75) is 0 Å². The fourth-order valence-corrected chi connectivity index (χ4v) is 1.48. The molecule has 80 valence electrons. The average molecular weight is 218 g/mol. The first-order chi connectivity index (χ1) is 7.61. The third-order valence-corrected chi connectivity index (χ3v) is 2.17. The molecular weight excluding hydrogens is 212 g/mol. The third-order valence-electron chi connectivity index (χ3n) is 2.17. The maximum absolute atomic E-state index is 11.0. The van der Waals surface area contributed by atoms with Crippen LogP contribution in [0.3, 0.4) is 0 Å². The lowest BCUT2D eigenvalue weighted by Gasteiger charge is -2.04. The SMILES string of the molecule is O=C(O)c1ccc2cnncc2c1C(=O)O. The van der Waals surface area contributed by atoms with Crippen LogP contribution in [0.2, 0.25) is 0 Å². The summed E-state index contributed by atoms with van der Waals surface area (Å²) in [4.78, 5) is 21.9. The van der Waals surface area contributed by atoms with E-state index < -0.39 is 11.9 Å². The molecule has 0 spiro atoms. The summed E-state index contributed by atoms with van der Waals surface area (Å²) >= 11 is 0. The van der Waals surface area contributed by atoms with Gasteiger partial charge in [-0.3, -0.25) is 0 Å². The summed E-state index contributed by atoms with van der Waals surface area (Å²) in [6.07, 6.45) is 2.62. The van der Waals surface area contributed by atoms with Crippen molar-refractivity contribution in [1.29, 1.82) is 0 Å². The maximum Gasteiger partial charge on any atom is 0.337 e. The van der Waals surface area contributed by atoms with Crippen LogP contribution in [-0.2, 0) is 0 Å². The summed E-state index contributed by atoms with van der Waals surface area (Å²) in [5.74, 6) is -2.58. The van der Waals surface area contributed by atoms with Gasteiger partial charge in [-0.2, -0.15) is 10.2 Å². The van der Waals surface area contributed by atoms with E-state index in [1.54, 1.807) is 0 Å². The van der Waals surface area contributed by atoms with Crippen molar-refractivity contribution in [2.24, 2.45) is 0 Å². The Morgan fingerprint density at radius 3 is 2.31 bits per heavy atom. The molecule has 0 saturated heterocycles. The molecular formula is C10H6N2O4. The predicted molar refractivity (Wildman–Crippen MR) is 53.5 cm³/mol. The average Bonchev–Trinajstić information content (AvgIpc) is 2.27. The summed E-state index contributed by atoms with van der Waals surface area (Å²) in [5.41, 5.74) is -0.520. The first kappa shape index (κ1) is 10.0. The molecule has 0 saturated carbocycles. The number of carboxylic acids is 2. The Bertz CT molecular complexity index is 594. The molecule has 6 nitrogen and oxygen atoms in total. The Morgan fingerprint density at radius 2 is 1.69 bits per heavy atom. The topological polar surface area (TPSA) is 100 Å². The molecule has 1 aromatic heterocycles. The van der Waals surface area contributed by atoms with Crippen LogP contribution in [0.25, 0.3) is 10.8 Å². The Labute approximate surface area is 89.2 Å². The molecule has 0 aliphatic heterocycles. The van der Waals surface area contributed by atoms with E-state index in [2.05, 4.69) is 10.2 Å². The molecule has 6 heteroatoms. The van der Waals surface area contributed by atoms with Gasteiger partial charge in [-0.1, -0.05) is 6.07 Å². The second-order valence-electron chi connectivity index (χ2n) is 3.09. The van der Waals surface area contributed by atoms with Crippen LogP contribution in [0.15, 0.2) is 24.5 Å². The summed E-state index contributed by atoms with van der Waals surface area (Å²) < 4.78 is 0. The van der Waals surface area contributed by atoms with E-state index in [0.29, 0.717) is 5.39 Å². The van der Waals surface area contributed by atoms with E-state index in [1.165, 1.54) is 24.5 Å². The number of nitrogens with zero attached hydrogens (tertiary/aromatic N) is 2. The quantitative estimate of drug-likeness (QED) is 0.780. The molecule has 2 rings (SSSR count). The van der Waals surface area contributed by atoms with Gasteiger partial charge >= 0.3 is 11.9 Å². The Kier molecular flexibility index (Phi) is 2.24. The minimum atomic E-state index is -1.30. The van der Waals surface area contributed by atoms with E-state index >= 15 is 0 Å². The van der Waals surface area contributed by atoms with E-state index in [0.717, 1.165) is 0 Å². The molecule has 0 aliphatic rings. The second-order valence-corrected chi connectivity index (χ2v) is 3.09. The zero-order chi connectivity index (χ0) is 11.7. The van der Waals surface area contributed by atoms with E-state index in [-0.39, 0.29) is 16.5 Å². The summed E-state index contributed by atoms with van der Waals surface area (Å²) in [6, 6.07) is 2.75. The highest BCUT2D eigenvalue weighted by molar-refractivity contribution is 6.11. The van der Waals surface area contributed by atoms with Crippen molar-refractivity contribution >= 4 is 22.7 Å². The van der Waals surface area contributed by atoms with Gasteiger partial charge in [-0.05, 0) is 6.07 Å². The normalized spacial score (nSPS) is 10.2. The zero-order valence-electron chi connectivity index (χ0n) is 7.91. The van der Waals surface area contributed by atoms with Gasteiger partial charge in [0.05, 0.1) is 23.5 Å². The standard InChI is InChI=1S/C10H6N2O4/c13-9(14)6-2-1-5-3-11-12-4-7(5)8(6)10(15)16/h1-4H,(H,13,14)(H,15,16). The predicted octanol–water partition coefficient (Wildman–Crippen LogP) is 1.03. The minimum Gasteiger partial charge on any atom is -0.478 e. The molecule has 0 amide bonds. The van der Waals surface area contributed by atoms with Crippen molar-refractivity contribution < 1.29 is 19.8 Å². The lowest BCUT2D eigenvalue weighted by atomic mass is 10.0. The number of carboxylic acid groups (broad SMARTS) is 2. The Morgan fingerprint density at radius 1 is 1.00 bits per heavy atom. The molecule has 0 atom stereocenters. The smallest absolute Gasteiger partial charge is 0.337 e. The summed E-state index contributed by atoms with van der Waals surface area (Å²) in [5, 5.41) is 25.8. The van der Waals surface area contributed by atoms with Gasteiger partial charge in [0, 0.05) is 10.8 Å². The van der Waals surface area contributed by atoms with Gasteiger partial charge in [-0.15, -0.1) is 0 Å². The first-order valence-electron chi connectivity index (χ1n) is 4.31. The van der Waals surface area contributed by atoms with Crippen LogP contribution < -0.4 is 0 Å². The molecule has 2 N–H and O–H groups in total. The first-order valence-corrected chi connectivity index (χ1v) is 4.31. The lowest BCUT2D eigenvalue weighted by molar-refractivity contribution is 0.0653. The molecule has 0 radical (unpaired) electrons. The van der Waals surface area contributed by atoms with Gasteiger partial charge in [-0.25, -0.2) is 9.59 Å². The molecule has 16 heavy (non-hydrogen) atoms. The van der Waals surface area contributed by atoms with Gasteiger partial charge in [0.2, 0.25) is 0 Å². The Balaban J connectivity index is 2.90. The van der Waals surface area contributed by atoms with E-state index in [1.807, 2.05) is 0 Å². The fourth-order valence-electron chi connectivity index (χ4n) is 1.48. The molecule has 0 bridgehead atoms. The zero-order valence-corrected chi connectivity index (χ0v) is 7.91. The minimum absolute atomic E-state index is 0.256. The largest absolute Gasteiger partial charge is 0.478 e. The molecule has 1 aromatic carbocycles. The van der Waals surface area contributed by atoms with Gasteiger partial charge in [0.1, 0.15) is 0 Å². The molecule has 2 aromatic rings. The van der Waals surface area contributed by atoms with Crippen LogP contribution in [0.5, 0.6) is 0 Å². The van der Waals surface area contributed by atoms with E-state index in [4.69, 9.17) is 10.2 Å². The highest BCUT2D eigenvalue weighted by atomic mass is 16.4. The maximum atomic E-state index is 11.0. The molecule has 0 unspecified atom stereocenters. The number of fused-ring (bicyclic) bond motifs is 1. The molecule has 0 fully saturated rings. The van der Waals surface area contributed by atoms with Crippen LogP contribution in [0.1, 0.15) is 20.7 Å².